The third-order valence-corrected chi connectivity index (χ3v) is 5.07. The van der Waals surface area contributed by atoms with Gasteiger partial charge in [-0.15, -0.1) is 0 Å². The standard InChI is InChI=1S/C13H19NO2S/c1-10(14)6-7-17(15,16)9-12-8-11-4-2-3-5-13(11)12/h2-5,10,12H,6-9,14H2,1H3. The Bertz CT molecular complexity index is 494. The van der Waals surface area contributed by atoms with Crippen molar-refractivity contribution in [3.8, 4) is 0 Å². The number of rotatable bonds is 5. The number of sulfone groups is 1. The minimum Gasteiger partial charge on any atom is -0.328 e. The Kier molecular flexibility index (Phi) is 3.54. The molecule has 4 heteroatoms. The molecule has 1 aromatic rings. The third kappa shape index (κ3) is 3.07. The molecular weight excluding hydrogens is 234 g/mol. The van der Waals surface area contributed by atoms with Crippen molar-refractivity contribution in [1.29, 1.82) is 0 Å². The average Bonchev–Trinajstić information content (AvgIpc) is 2.24. The number of benzene rings is 1. The fourth-order valence-corrected chi connectivity index (χ4v) is 4.07. The Balaban J connectivity index is 1.95. The van der Waals surface area contributed by atoms with Crippen molar-refractivity contribution in [3.63, 3.8) is 0 Å². The molecule has 1 aliphatic carbocycles. The fourth-order valence-electron chi connectivity index (χ4n) is 2.27. The van der Waals surface area contributed by atoms with Crippen LogP contribution in [-0.4, -0.2) is 26.0 Å². The average molecular weight is 253 g/mol. The van der Waals surface area contributed by atoms with Gasteiger partial charge in [0.1, 0.15) is 0 Å². The van der Waals surface area contributed by atoms with Crippen LogP contribution in [0.15, 0.2) is 24.3 Å². The zero-order chi connectivity index (χ0) is 12.5. The smallest absolute Gasteiger partial charge is 0.150 e. The first kappa shape index (κ1) is 12.6. The SMILES string of the molecule is CC(N)CCS(=O)(=O)CC1Cc2ccccc21. The molecular formula is C13H19NO2S. The minimum atomic E-state index is -2.96. The van der Waals surface area contributed by atoms with Gasteiger partial charge in [0.05, 0.1) is 11.5 Å². The summed E-state index contributed by atoms with van der Waals surface area (Å²) >= 11 is 0. The van der Waals surface area contributed by atoms with Gasteiger partial charge in [-0.1, -0.05) is 24.3 Å². The van der Waals surface area contributed by atoms with Crippen LogP contribution in [0, 0.1) is 0 Å². The predicted molar refractivity (Wildman–Crippen MR) is 69.8 cm³/mol. The molecule has 0 spiro atoms. The van der Waals surface area contributed by atoms with Gasteiger partial charge in [-0.25, -0.2) is 8.42 Å². The second-order valence-electron chi connectivity index (χ2n) is 4.98. The van der Waals surface area contributed by atoms with Crippen LogP contribution in [0.1, 0.15) is 30.4 Å². The molecule has 0 saturated carbocycles. The predicted octanol–water partition coefficient (Wildman–Crippen LogP) is 1.48. The highest BCUT2D eigenvalue weighted by atomic mass is 32.2. The van der Waals surface area contributed by atoms with Crippen molar-refractivity contribution in [2.75, 3.05) is 11.5 Å². The van der Waals surface area contributed by atoms with Crippen LogP contribution in [0.5, 0.6) is 0 Å². The van der Waals surface area contributed by atoms with Crippen molar-refractivity contribution >= 4 is 9.84 Å². The summed E-state index contributed by atoms with van der Waals surface area (Å²) in [5.74, 6) is 0.685. The van der Waals surface area contributed by atoms with Gasteiger partial charge in [-0.05, 0) is 30.9 Å². The van der Waals surface area contributed by atoms with E-state index in [4.69, 9.17) is 5.73 Å². The van der Waals surface area contributed by atoms with Crippen molar-refractivity contribution in [1.82, 2.24) is 0 Å². The summed E-state index contributed by atoms with van der Waals surface area (Å²) in [6.07, 6.45) is 1.45. The van der Waals surface area contributed by atoms with Crippen molar-refractivity contribution in [3.05, 3.63) is 35.4 Å². The first-order valence-corrected chi connectivity index (χ1v) is 7.84. The number of hydrogen-bond donors (Lipinski definition) is 1. The lowest BCUT2D eigenvalue weighted by Crippen LogP contribution is -2.28. The van der Waals surface area contributed by atoms with E-state index in [9.17, 15) is 8.42 Å². The Morgan fingerprint density at radius 1 is 1.41 bits per heavy atom. The molecule has 1 aliphatic rings. The van der Waals surface area contributed by atoms with Crippen molar-refractivity contribution < 1.29 is 8.42 Å². The van der Waals surface area contributed by atoms with Gasteiger partial charge in [-0.2, -0.15) is 0 Å². The molecule has 2 atom stereocenters. The van der Waals surface area contributed by atoms with Crippen LogP contribution in [-0.2, 0) is 16.3 Å². The van der Waals surface area contributed by atoms with Gasteiger partial charge >= 0.3 is 0 Å². The lowest BCUT2D eigenvalue weighted by Gasteiger charge is -2.29. The first-order valence-electron chi connectivity index (χ1n) is 6.02. The Morgan fingerprint density at radius 3 is 2.76 bits per heavy atom. The molecule has 0 aromatic heterocycles. The second kappa shape index (κ2) is 4.78. The van der Waals surface area contributed by atoms with Crippen LogP contribution < -0.4 is 5.73 Å². The van der Waals surface area contributed by atoms with Gasteiger partial charge in [0.15, 0.2) is 9.84 Å². The Labute approximate surface area is 103 Å². The molecule has 2 rings (SSSR count). The molecule has 94 valence electrons. The lowest BCUT2D eigenvalue weighted by molar-refractivity contribution is 0.570. The first-order chi connectivity index (χ1) is 7.98. The van der Waals surface area contributed by atoms with E-state index in [0.717, 1.165) is 6.42 Å². The zero-order valence-corrected chi connectivity index (χ0v) is 10.9. The Morgan fingerprint density at radius 2 is 2.12 bits per heavy atom. The maximum Gasteiger partial charge on any atom is 0.150 e. The maximum absolute atomic E-state index is 11.9. The molecule has 3 nitrogen and oxygen atoms in total. The number of fused-ring (bicyclic) bond motifs is 1. The van der Waals surface area contributed by atoms with E-state index in [1.807, 2.05) is 25.1 Å². The number of nitrogens with two attached hydrogens (primary N) is 1. The molecule has 0 fully saturated rings. The largest absolute Gasteiger partial charge is 0.328 e. The van der Waals surface area contributed by atoms with Gasteiger partial charge in [-0.3, -0.25) is 0 Å². The van der Waals surface area contributed by atoms with Crippen molar-refractivity contribution in [2.24, 2.45) is 5.73 Å². The van der Waals surface area contributed by atoms with Gasteiger partial charge in [0, 0.05) is 12.0 Å². The normalized spacial score (nSPS) is 20.5. The molecule has 0 heterocycles. The van der Waals surface area contributed by atoms with E-state index >= 15 is 0 Å². The quantitative estimate of drug-likeness (QED) is 0.864. The van der Waals surface area contributed by atoms with Crippen LogP contribution in [0.4, 0.5) is 0 Å². The molecule has 0 radical (unpaired) electrons. The highest BCUT2D eigenvalue weighted by Gasteiger charge is 2.29. The highest BCUT2D eigenvalue weighted by Crippen LogP contribution is 2.35. The minimum absolute atomic E-state index is 0.0431. The van der Waals surface area contributed by atoms with Crippen LogP contribution >= 0.6 is 0 Å². The van der Waals surface area contributed by atoms with Gasteiger partial charge in [0.2, 0.25) is 0 Å². The monoisotopic (exact) mass is 253 g/mol. The topological polar surface area (TPSA) is 60.2 Å². The molecule has 1 aromatic carbocycles. The van der Waals surface area contributed by atoms with E-state index in [2.05, 4.69) is 6.07 Å². The summed E-state index contributed by atoms with van der Waals surface area (Å²) in [6, 6.07) is 8.03. The van der Waals surface area contributed by atoms with Crippen LogP contribution in [0.2, 0.25) is 0 Å². The van der Waals surface area contributed by atoms with E-state index in [0.29, 0.717) is 6.42 Å². The Hall–Kier alpha value is -0.870. The molecule has 2 unspecified atom stereocenters. The summed E-state index contributed by atoms with van der Waals surface area (Å²) in [4.78, 5) is 0. The van der Waals surface area contributed by atoms with E-state index in [-0.39, 0.29) is 23.5 Å². The van der Waals surface area contributed by atoms with Crippen LogP contribution in [0.25, 0.3) is 0 Å². The summed E-state index contributed by atoms with van der Waals surface area (Å²) in [5.41, 5.74) is 8.09. The molecule has 2 N–H and O–H groups in total. The summed E-state index contributed by atoms with van der Waals surface area (Å²) < 4.78 is 23.8. The van der Waals surface area contributed by atoms with E-state index < -0.39 is 9.84 Å². The molecule has 17 heavy (non-hydrogen) atoms. The van der Waals surface area contributed by atoms with Crippen LogP contribution in [0.3, 0.4) is 0 Å². The zero-order valence-electron chi connectivity index (χ0n) is 10.1. The number of hydrogen-bond acceptors (Lipinski definition) is 3. The molecule has 0 saturated heterocycles. The van der Waals surface area contributed by atoms with Gasteiger partial charge in [0.25, 0.3) is 0 Å². The lowest BCUT2D eigenvalue weighted by atomic mass is 9.79. The van der Waals surface area contributed by atoms with E-state index in [1.54, 1.807) is 0 Å². The summed E-state index contributed by atoms with van der Waals surface area (Å²) in [7, 11) is -2.96. The van der Waals surface area contributed by atoms with Crippen molar-refractivity contribution in [2.45, 2.75) is 31.7 Å². The summed E-state index contributed by atoms with van der Waals surface area (Å²) in [6.45, 7) is 1.84. The van der Waals surface area contributed by atoms with E-state index in [1.165, 1.54) is 11.1 Å². The maximum atomic E-state index is 11.9. The highest BCUT2D eigenvalue weighted by molar-refractivity contribution is 7.91. The summed E-state index contributed by atoms with van der Waals surface area (Å²) in [5, 5.41) is 0. The molecule has 0 bridgehead atoms. The second-order valence-corrected chi connectivity index (χ2v) is 7.21. The fraction of sp³-hybridized carbons (Fsp3) is 0.538. The van der Waals surface area contributed by atoms with Gasteiger partial charge < -0.3 is 5.73 Å². The third-order valence-electron chi connectivity index (χ3n) is 3.30. The molecule has 0 amide bonds. The molecule has 0 aliphatic heterocycles.